The maximum atomic E-state index is 9.24. The second-order valence-electron chi connectivity index (χ2n) is 6.34. The quantitative estimate of drug-likeness (QED) is 0.762. The molecule has 0 aromatic carbocycles. The van der Waals surface area contributed by atoms with E-state index < -0.39 is 0 Å². The van der Waals surface area contributed by atoms with Crippen molar-refractivity contribution in [2.75, 3.05) is 18.0 Å². The van der Waals surface area contributed by atoms with Crippen molar-refractivity contribution in [1.29, 1.82) is 0 Å². The molecule has 3 aromatic rings. The van der Waals surface area contributed by atoms with Gasteiger partial charge in [0.15, 0.2) is 5.13 Å². The van der Waals surface area contributed by atoms with E-state index in [2.05, 4.69) is 36.7 Å². The fourth-order valence-corrected chi connectivity index (χ4v) is 4.23. The van der Waals surface area contributed by atoms with Crippen LogP contribution in [0.25, 0.3) is 0 Å². The summed E-state index contributed by atoms with van der Waals surface area (Å²) in [6.07, 6.45) is 9.90. The molecule has 6 nitrogen and oxygen atoms in total. The molecule has 4 rings (SSSR count). The molecule has 0 spiro atoms. The molecule has 0 aliphatic carbocycles. The first-order chi connectivity index (χ1) is 12.3. The molecule has 0 amide bonds. The summed E-state index contributed by atoms with van der Waals surface area (Å²) in [7, 11) is 0. The van der Waals surface area contributed by atoms with Gasteiger partial charge >= 0.3 is 0 Å². The minimum absolute atomic E-state index is 0.00326. The zero-order valence-corrected chi connectivity index (χ0v) is 14.8. The van der Waals surface area contributed by atoms with Gasteiger partial charge in [-0.2, -0.15) is 0 Å². The zero-order valence-electron chi connectivity index (χ0n) is 14.0. The van der Waals surface area contributed by atoms with Crippen LogP contribution in [-0.2, 0) is 13.2 Å². The van der Waals surface area contributed by atoms with Crippen LogP contribution in [0.5, 0.6) is 0 Å². The van der Waals surface area contributed by atoms with E-state index in [1.54, 1.807) is 17.5 Å². The van der Waals surface area contributed by atoms with Crippen LogP contribution in [0.2, 0.25) is 0 Å². The lowest BCUT2D eigenvalue weighted by atomic mass is 9.97. The third-order valence-corrected chi connectivity index (χ3v) is 5.53. The van der Waals surface area contributed by atoms with E-state index in [-0.39, 0.29) is 6.61 Å². The fourth-order valence-electron chi connectivity index (χ4n) is 3.38. The van der Waals surface area contributed by atoms with Gasteiger partial charge in [-0.05, 0) is 24.5 Å². The van der Waals surface area contributed by atoms with Crippen molar-refractivity contribution in [2.24, 2.45) is 0 Å². The molecule has 0 saturated carbocycles. The number of rotatable bonds is 5. The topological polar surface area (TPSA) is 67.1 Å². The molecule has 0 radical (unpaired) electrons. The summed E-state index contributed by atoms with van der Waals surface area (Å²) in [5.41, 5.74) is 1.93. The summed E-state index contributed by atoms with van der Waals surface area (Å²) < 4.78 is 2.23. The number of aromatic nitrogens is 4. The number of hydrogen-bond acceptors (Lipinski definition) is 6. The van der Waals surface area contributed by atoms with Gasteiger partial charge < -0.3 is 14.6 Å². The van der Waals surface area contributed by atoms with Gasteiger partial charge in [0.2, 0.25) is 0 Å². The molecular weight excluding hydrogens is 334 g/mol. The Labute approximate surface area is 150 Å². The minimum atomic E-state index is 0.00326. The second kappa shape index (κ2) is 7.33. The monoisotopic (exact) mass is 355 g/mol. The molecule has 3 aromatic heterocycles. The molecule has 1 N–H and O–H groups in total. The van der Waals surface area contributed by atoms with Crippen molar-refractivity contribution in [3.63, 3.8) is 0 Å². The van der Waals surface area contributed by atoms with Crippen LogP contribution in [0.4, 0.5) is 5.13 Å². The highest BCUT2D eigenvalue weighted by molar-refractivity contribution is 7.13. The third-order valence-electron chi connectivity index (χ3n) is 4.58. The lowest BCUT2D eigenvalue weighted by molar-refractivity contribution is 0.277. The smallest absolute Gasteiger partial charge is 0.185 e. The molecule has 25 heavy (non-hydrogen) atoms. The Bertz CT molecular complexity index is 816. The predicted octanol–water partition coefficient (Wildman–Crippen LogP) is 2.66. The van der Waals surface area contributed by atoms with E-state index in [9.17, 15) is 5.11 Å². The number of nitrogens with zero attached hydrogens (tertiary/aromatic N) is 5. The van der Waals surface area contributed by atoms with E-state index in [1.807, 2.05) is 23.8 Å². The number of anilines is 1. The molecule has 130 valence electrons. The van der Waals surface area contributed by atoms with E-state index in [0.717, 1.165) is 49.1 Å². The highest BCUT2D eigenvalue weighted by Crippen LogP contribution is 2.31. The molecule has 7 heteroatoms. The van der Waals surface area contributed by atoms with Crippen molar-refractivity contribution < 1.29 is 5.11 Å². The lowest BCUT2D eigenvalue weighted by Crippen LogP contribution is -2.35. The zero-order chi connectivity index (χ0) is 17.1. The first-order valence-electron chi connectivity index (χ1n) is 8.53. The van der Waals surface area contributed by atoms with Crippen molar-refractivity contribution >= 4 is 16.5 Å². The number of aliphatic hydroxyl groups excluding tert-OH is 1. The molecule has 1 aliphatic rings. The average molecular weight is 355 g/mol. The van der Waals surface area contributed by atoms with E-state index in [1.165, 1.54) is 5.56 Å². The first-order valence-corrected chi connectivity index (χ1v) is 9.41. The molecule has 1 atom stereocenters. The Morgan fingerprint density at radius 1 is 1.32 bits per heavy atom. The highest BCUT2D eigenvalue weighted by Gasteiger charge is 2.26. The van der Waals surface area contributed by atoms with E-state index in [0.29, 0.717) is 5.92 Å². The van der Waals surface area contributed by atoms with Crippen molar-refractivity contribution in [1.82, 2.24) is 19.5 Å². The summed E-state index contributed by atoms with van der Waals surface area (Å²) >= 11 is 1.61. The first kappa shape index (κ1) is 16.2. The van der Waals surface area contributed by atoms with Gasteiger partial charge in [-0.1, -0.05) is 6.07 Å². The Morgan fingerprint density at radius 2 is 2.28 bits per heavy atom. The number of thiazole rings is 1. The number of pyridine rings is 1. The van der Waals surface area contributed by atoms with Crippen LogP contribution in [0, 0.1) is 0 Å². The maximum absolute atomic E-state index is 9.24. The molecule has 1 unspecified atom stereocenters. The van der Waals surface area contributed by atoms with Crippen molar-refractivity contribution in [3.05, 3.63) is 59.4 Å². The molecular formula is C18H21N5OS. The summed E-state index contributed by atoms with van der Waals surface area (Å²) in [4.78, 5) is 15.7. The average Bonchev–Trinajstić information content (AvgIpc) is 3.32. The van der Waals surface area contributed by atoms with Crippen LogP contribution in [-0.4, -0.2) is 37.7 Å². The lowest BCUT2D eigenvalue weighted by Gasteiger charge is -2.32. The normalized spacial score (nSPS) is 17.8. The summed E-state index contributed by atoms with van der Waals surface area (Å²) in [5.74, 6) is 1.52. The number of piperidine rings is 1. The Morgan fingerprint density at radius 3 is 3.08 bits per heavy atom. The third kappa shape index (κ3) is 3.57. The van der Waals surface area contributed by atoms with Gasteiger partial charge in [0.1, 0.15) is 5.82 Å². The van der Waals surface area contributed by atoms with Crippen LogP contribution in [0.15, 0.2) is 42.3 Å². The standard InChI is InChI=1S/C18H21N5OS/c24-12-16-13-25-18(21-16)23-7-2-4-15(11-23)17-20-6-8-22(17)10-14-3-1-5-19-9-14/h1,3,5-6,8-9,13,15,24H,2,4,7,10-12H2. The fraction of sp³-hybridized carbons (Fsp3) is 0.389. The van der Waals surface area contributed by atoms with Crippen LogP contribution in [0.3, 0.4) is 0 Å². The molecule has 0 bridgehead atoms. The Balaban J connectivity index is 1.51. The maximum Gasteiger partial charge on any atom is 0.185 e. The van der Waals surface area contributed by atoms with Crippen LogP contribution >= 0.6 is 11.3 Å². The molecule has 1 aliphatic heterocycles. The van der Waals surface area contributed by atoms with Crippen molar-refractivity contribution in [3.8, 4) is 0 Å². The highest BCUT2D eigenvalue weighted by atomic mass is 32.1. The Hall–Kier alpha value is -2.25. The largest absolute Gasteiger partial charge is 0.390 e. The van der Waals surface area contributed by atoms with Gasteiger partial charge in [-0.15, -0.1) is 11.3 Å². The second-order valence-corrected chi connectivity index (χ2v) is 7.18. The van der Waals surface area contributed by atoms with Crippen LogP contribution in [0.1, 0.15) is 35.8 Å². The van der Waals surface area contributed by atoms with Gasteiger partial charge in [0, 0.05) is 49.2 Å². The van der Waals surface area contributed by atoms with E-state index in [4.69, 9.17) is 0 Å². The van der Waals surface area contributed by atoms with Crippen molar-refractivity contribution in [2.45, 2.75) is 31.9 Å². The summed E-state index contributed by atoms with van der Waals surface area (Å²) in [6, 6.07) is 4.06. The van der Waals surface area contributed by atoms with Gasteiger partial charge in [-0.25, -0.2) is 9.97 Å². The minimum Gasteiger partial charge on any atom is -0.390 e. The van der Waals surface area contributed by atoms with Gasteiger partial charge in [0.05, 0.1) is 18.8 Å². The molecule has 1 saturated heterocycles. The Kier molecular flexibility index (Phi) is 4.76. The van der Waals surface area contributed by atoms with Gasteiger partial charge in [-0.3, -0.25) is 4.98 Å². The molecule has 4 heterocycles. The summed E-state index contributed by atoms with van der Waals surface area (Å²) in [6.45, 7) is 2.73. The number of hydrogen-bond donors (Lipinski definition) is 1. The predicted molar refractivity (Wildman–Crippen MR) is 97.8 cm³/mol. The van der Waals surface area contributed by atoms with Gasteiger partial charge in [0.25, 0.3) is 0 Å². The van der Waals surface area contributed by atoms with E-state index >= 15 is 0 Å². The SMILES string of the molecule is OCc1csc(N2CCCC(c3nccn3Cc3cccnc3)C2)n1. The van der Waals surface area contributed by atoms with Crippen LogP contribution < -0.4 is 4.90 Å². The summed E-state index contributed by atoms with van der Waals surface area (Å²) in [5, 5.41) is 12.2. The number of imidazole rings is 1. The molecule has 1 fully saturated rings. The number of aliphatic hydroxyl groups is 1.